The molecule has 8 heteroatoms. The van der Waals surface area contributed by atoms with Crippen molar-refractivity contribution in [3.05, 3.63) is 60.2 Å². The Morgan fingerprint density at radius 3 is 2.32 bits per heavy atom. The molecule has 7 nitrogen and oxygen atoms in total. The van der Waals surface area contributed by atoms with Crippen molar-refractivity contribution in [3.8, 4) is 5.75 Å². The Bertz CT molecular complexity index is 891. The van der Waals surface area contributed by atoms with Crippen LogP contribution in [0, 0.1) is 0 Å². The van der Waals surface area contributed by atoms with Gasteiger partial charge in [-0.2, -0.15) is 0 Å². The maximum atomic E-state index is 12.5. The number of benzene rings is 2. The molecule has 0 saturated carbocycles. The van der Waals surface area contributed by atoms with Crippen LogP contribution in [0.25, 0.3) is 6.08 Å². The molecule has 2 rings (SSSR count). The first-order chi connectivity index (χ1) is 13.4. The standard InChI is InChI=1S/C20H24N2O5S/c1-26-15-3-14-21-20(23)13-6-16-4-11-19(12-5-16)28(24,25)22-17-7-9-18(27-2)10-8-17/h4-13,22H,3,14-15H2,1-2H3,(H,21,23)/b13-6+. The van der Waals surface area contributed by atoms with Crippen LogP contribution < -0.4 is 14.8 Å². The first-order valence-electron chi connectivity index (χ1n) is 8.66. The molecular formula is C20H24N2O5S. The number of hydrogen-bond acceptors (Lipinski definition) is 5. The summed E-state index contributed by atoms with van der Waals surface area (Å²) in [6, 6.07) is 12.8. The highest BCUT2D eigenvalue weighted by Gasteiger charge is 2.13. The Hall–Kier alpha value is -2.84. The smallest absolute Gasteiger partial charge is 0.261 e. The van der Waals surface area contributed by atoms with Crippen LogP contribution in [0.15, 0.2) is 59.5 Å². The summed E-state index contributed by atoms with van der Waals surface area (Å²) in [5.41, 5.74) is 1.16. The van der Waals surface area contributed by atoms with E-state index in [1.807, 2.05) is 0 Å². The van der Waals surface area contributed by atoms with Gasteiger partial charge >= 0.3 is 0 Å². The van der Waals surface area contributed by atoms with Crippen LogP contribution in [0.4, 0.5) is 5.69 Å². The van der Waals surface area contributed by atoms with Crippen molar-refractivity contribution < 1.29 is 22.7 Å². The number of ether oxygens (including phenoxy) is 2. The average molecular weight is 404 g/mol. The van der Waals surface area contributed by atoms with Crippen LogP contribution >= 0.6 is 0 Å². The molecule has 0 radical (unpaired) electrons. The predicted octanol–water partition coefficient (Wildman–Crippen LogP) is 2.66. The lowest BCUT2D eigenvalue weighted by molar-refractivity contribution is -0.116. The summed E-state index contributed by atoms with van der Waals surface area (Å²) in [4.78, 5) is 11.8. The van der Waals surface area contributed by atoms with Gasteiger partial charge in [-0.25, -0.2) is 8.42 Å². The molecule has 1 amide bonds. The molecule has 28 heavy (non-hydrogen) atoms. The quantitative estimate of drug-likeness (QED) is 0.469. The van der Waals surface area contributed by atoms with Crippen molar-refractivity contribution in [1.82, 2.24) is 5.32 Å². The summed E-state index contributed by atoms with van der Waals surface area (Å²) >= 11 is 0. The molecule has 0 heterocycles. The van der Waals surface area contributed by atoms with Crippen molar-refractivity contribution >= 4 is 27.7 Å². The van der Waals surface area contributed by atoms with E-state index in [0.717, 1.165) is 12.0 Å². The lowest BCUT2D eigenvalue weighted by Gasteiger charge is -2.09. The highest BCUT2D eigenvalue weighted by molar-refractivity contribution is 7.92. The number of nitrogens with one attached hydrogen (secondary N) is 2. The van der Waals surface area contributed by atoms with Crippen molar-refractivity contribution in [2.45, 2.75) is 11.3 Å². The molecule has 2 N–H and O–H groups in total. The molecular weight excluding hydrogens is 380 g/mol. The first kappa shape index (κ1) is 21.5. The van der Waals surface area contributed by atoms with Crippen molar-refractivity contribution in [2.75, 3.05) is 32.1 Å². The fourth-order valence-electron chi connectivity index (χ4n) is 2.29. The van der Waals surface area contributed by atoms with Crippen molar-refractivity contribution in [1.29, 1.82) is 0 Å². The van der Waals surface area contributed by atoms with Crippen LogP contribution in [-0.4, -0.2) is 41.7 Å². The van der Waals surface area contributed by atoms with Gasteiger partial charge in [0.05, 0.1) is 12.0 Å². The molecule has 0 aliphatic carbocycles. The maximum Gasteiger partial charge on any atom is 0.261 e. The average Bonchev–Trinajstić information content (AvgIpc) is 2.70. The van der Waals surface area contributed by atoms with Gasteiger partial charge in [0.2, 0.25) is 5.91 Å². The number of hydrogen-bond donors (Lipinski definition) is 2. The summed E-state index contributed by atoms with van der Waals surface area (Å²) in [6.45, 7) is 1.12. The van der Waals surface area contributed by atoms with Gasteiger partial charge in [-0.1, -0.05) is 12.1 Å². The Labute approximate surface area is 165 Å². The van der Waals surface area contributed by atoms with Gasteiger partial charge in [0.15, 0.2) is 0 Å². The molecule has 0 aliphatic heterocycles. The Morgan fingerprint density at radius 2 is 1.71 bits per heavy atom. The second-order valence-corrected chi connectivity index (χ2v) is 7.56. The van der Waals surface area contributed by atoms with E-state index in [9.17, 15) is 13.2 Å². The largest absolute Gasteiger partial charge is 0.497 e. The monoisotopic (exact) mass is 404 g/mol. The lowest BCUT2D eigenvalue weighted by atomic mass is 10.2. The van der Waals surface area contributed by atoms with E-state index >= 15 is 0 Å². The van der Waals surface area contributed by atoms with Crippen LogP contribution in [0.1, 0.15) is 12.0 Å². The zero-order valence-electron chi connectivity index (χ0n) is 15.8. The number of amides is 1. The molecule has 0 aliphatic rings. The summed E-state index contributed by atoms with van der Waals surface area (Å²) in [7, 11) is -0.553. The van der Waals surface area contributed by atoms with Gasteiger partial charge < -0.3 is 14.8 Å². The fourth-order valence-corrected chi connectivity index (χ4v) is 3.35. The van der Waals surface area contributed by atoms with E-state index in [2.05, 4.69) is 10.0 Å². The molecule has 2 aromatic rings. The van der Waals surface area contributed by atoms with Gasteiger partial charge in [-0.15, -0.1) is 0 Å². The van der Waals surface area contributed by atoms with E-state index in [0.29, 0.717) is 24.6 Å². The highest BCUT2D eigenvalue weighted by Crippen LogP contribution is 2.19. The second-order valence-electron chi connectivity index (χ2n) is 5.87. The van der Waals surface area contributed by atoms with Gasteiger partial charge in [0.1, 0.15) is 5.75 Å². The van der Waals surface area contributed by atoms with E-state index < -0.39 is 10.0 Å². The lowest BCUT2D eigenvalue weighted by Crippen LogP contribution is -2.22. The summed E-state index contributed by atoms with van der Waals surface area (Å²) in [5.74, 6) is 0.427. The molecule has 0 atom stereocenters. The number of carbonyl (C=O) groups excluding carboxylic acids is 1. The molecule has 0 unspecified atom stereocenters. The first-order valence-corrected chi connectivity index (χ1v) is 10.1. The third kappa shape index (κ3) is 6.71. The van der Waals surface area contributed by atoms with Crippen molar-refractivity contribution in [3.63, 3.8) is 0 Å². The summed E-state index contributed by atoms with van der Waals surface area (Å²) in [5, 5.41) is 2.74. The number of sulfonamides is 1. The summed E-state index contributed by atoms with van der Waals surface area (Å²) in [6.07, 6.45) is 3.77. The predicted molar refractivity (Wildman–Crippen MR) is 109 cm³/mol. The molecule has 0 bridgehead atoms. The zero-order valence-corrected chi connectivity index (χ0v) is 16.7. The Balaban J connectivity index is 1.96. The minimum Gasteiger partial charge on any atom is -0.497 e. The van der Waals surface area contributed by atoms with Crippen LogP contribution in [0.3, 0.4) is 0 Å². The number of carbonyl (C=O) groups is 1. The van der Waals surface area contributed by atoms with E-state index in [1.54, 1.807) is 56.7 Å². The van der Waals surface area contributed by atoms with Crippen LogP contribution in [-0.2, 0) is 19.6 Å². The van der Waals surface area contributed by atoms with Crippen LogP contribution in [0.5, 0.6) is 5.75 Å². The topological polar surface area (TPSA) is 93.7 Å². The molecule has 150 valence electrons. The number of anilines is 1. The Morgan fingerprint density at radius 1 is 1.04 bits per heavy atom. The molecule has 0 spiro atoms. The number of methoxy groups -OCH3 is 2. The minimum absolute atomic E-state index is 0.129. The molecule has 0 fully saturated rings. The van der Waals surface area contributed by atoms with E-state index in [-0.39, 0.29) is 10.8 Å². The van der Waals surface area contributed by atoms with Gasteiger partial charge in [0.25, 0.3) is 10.0 Å². The minimum atomic E-state index is -3.70. The summed E-state index contributed by atoms with van der Waals surface area (Å²) < 4.78 is 37.4. The third-order valence-corrected chi connectivity index (χ3v) is 5.18. The highest BCUT2D eigenvalue weighted by atomic mass is 32.2. The van der Waals surface area contributed by atoms with Gasteiger partial charge in [-0.3, -0.25) is 9.52 Å². The fraction of sp³-hybridized carbons (Fsp3) is 0.250. The maximum absolute atomic E-state index is 12.5. The SMILES string of the molecule is COCCCNC(=O)/C=C/c1ccc(S(=O)(=O)Nc2ccc(OC)cc2)cc1. The van der Waals surface area contributed by atoms with Gasteiger partial charge in [0, 0.05) is 32.0 Å². The van der Waals surface area contributed by atoms with Gasteiger partial charge in [-0.05, 0) is 54.5 Å². The van der Waals surface area contributed by atoms with E-state index in [4.69, 9.17) is 9.47 Å². The van der Waals surface area contributed by atoms with Crippen LogP contribution in [0.2, 0.25) is 0 Å². The Kier molecular flexibility index (Phi) is 8.03. The number of rotatable bonds is 10. The molecule has 0 aromatic heterocycles. The van der Waals surface area contributed by atoms with Crippen molar-refractivity contribution in [2.24, 2.45) is 0 Å². The zero-order chi connectivity index (χ0) is 20.4. The third-order valence-electron chi connectivity index (χ3n) is 3.78. The molecule has 2 aromatic carbocycles. The molecule has 0 saturated heterocycles. The van der Waals surface area contributed by atoms with E-state index in [1.165, 1.54) is 18.2 Å². The normalized spacial score (nSPS) is 11.4. The second kappa shape index (κ2) is 10.5.